The Labute approximate surface area is 100 Å². The summed E-state index contributed by atoms with van der Waals surface area (Å²) >= 11 is 0. The number of carbonyl (C=O) groups is 1. The Morgan fingerprint density at radius 1 is 1.35 bits per heavy atom. The molecule has 0 aliphatic carbocycles. The molecule has 4 heteroatoms. The second-order valence-corrected chi connectivity index (χ2v) is 3.96. The fraction of sp³-hybridized carbons (Fsp3) is 0.308. The van der Waals surface area contributed by atoms with Crippen LogP contribution >= 0.6 is 0 Å². The lowest BCUT2D eigenvalue weighted by atomic mass is 10.3. The minimum atomic E-state index is 0.0350. The molecule has 4 nitrogen and oxygen atoms in total. The summed E-state index contributed by atoms with van der Waals surface area (Å²) in [6.45, 7) is 3.05. The van der Waals surface area contributed by atoms with Gasteiger partial charge in [-0.05, 0) is 31.2 Å². The largest absolute Gasteiger partial charge is 0.465 e. The van der Waals surface area contributed by atoms with Crippen LogP contribution in [-0.4, -0.2) is 10.5 Å². The van der Waals surface area contributed by atoms with Crippen LogP contribution < -0.4 is 5.32 Å². The Hall–Kier alpha value is -1.97. The topological polar surface area (TPSA) is 47.2 Å². The molecule has 0 spiro atoms. The molecule has 0 bridgehead atoms. The van der Waals surface area contributed by atoms with Gasteiger partial charge in [0.05, 0.1) is 6.54 Å². The molecule has 2 aromatic heterocycles. The minimum Gasteiger partial charge on any atom is -0.465 e. The predicted molar refractivity (Wildman–Crippen MR) is 64.3 cm³/mol. The molecule has 17 heavy (non-hydrogen) atoms. The molecule has 0 saturated carbocycles. The molecule has 0 fully saturated rings. The van der Waals surface area contributed by atoms with Gasteiger partial charge in [0.25, 0.3) is 0 Å². The number of nitrogens with one attached hydrogen (secondary N) is 1. The van der Waals surface area contributed by atoms with E-state index in [4.69, 9.17) is 4.42 Å². The van der Waals surface area contributed by atoms with Crippen LogP contribution in [0.5, 0.6) is 0 Å². The summed E-state index contributed by atoms with van der Waals surface area (Å²) in [4.78, 5) is 11.6. The summed E-state index contributed by atoms with van der Waals surface area (Å²) in [5.74, 6) is 1.69. The summed E-state index contributed by atoms with van der Waals surface area (Å²) in [7, 11) is 0. The number of nitrogens with zero attached hydrogens (tertiary/aromatic N) is 1. The van der Waals surface area contributed by atoms with E-state index in [1.54, 1.807) is 0 Å². The van der Waals surface area contributed by atoms with Gasteiger partial charge in [-0.15, -0.1) is 0 Å². The van der Waals surface area contributed by atoms with E-state index in [1.165, 1.54) is 0 Å². The first kappa shape index (κ1) is 11.5. The Kier molecular flexibility index (Phi) is 3.65. The van der Waals surface area contributed by atoms with Gasteiger partial charge in [-0.3, -0.25) is 4.79 Å². The van der Waals surface area contributed by atoms with E-state index in [2.05, 4.69) is 5.32 Å². The second kappa shape index (κ2) is 5.39. The van der Waals surface area contributed by atoms with Crippen LogP contribution in [0.1, 0.15) is 17.9 Å². The number of aryl methyl sites for hydroxylation is 2. The average Bonchev–Trinajstić information content (AvgIpc) is 2.95. The van der Waals surface area contributed by atoms with Gasteiger partial charge in [-0.25, -0.2) is 0 Å². The molecule has 90 valence electrons. The average molecular weight is 232 g/mol. The standard InChI is InChI=1S/C13H16N2O2/c1-11-4-5-12(17-11)10-14-13(16)6-9-15-7-2-3-8-15/h2-5,7-8H,6,9-10H2,1H3,(H,14,16). The maximum Gasteiger partial charge on any atom is 0.222 e. The summed E-state index contributed by atoms with van der Waals surface area (Å²) in [6, 6.07) is 7.66. The van der Waals surface area contributed by atoms with E-state index >= 15 is 0 Å². The van der Waals surface area contributed by atoms with Gasteiger partial charge in [0.1, 0.15) is 11.5 Å². The molecular formula is C13H16N2O2. The van der Waals surface area contributed by atoms with Gasteiger partial charge in [-0.2, -0.15) is 0 Å². The highest BCUT2D eigenvalue weighted by Crippen LogP contribution is 2.05. The number of aromatic nitrogens is 1. The van der Waals surface area contributed by atoms with Gasteiger partial charge >= 0.3 is 0 Å². The van der Waals surface area contributed by atoms with Crippen molar-refractivity contribution in [2.24, 2.45) is 0 Å². The normalized spacial score (nSPS) is 10.4. The van der Waals surface area contributed by atoms with Crippen LogP contribution in [0.2, 0.25) is 0 Å². The zero-order chi connectivity index (χ0) is 12.1. The molecule has 1 N–H and O–H groups in total. The lowest BCUT2D eigenvalue weighted by molar-refractivity contribution is -0.121. The van der Waals surface area contributed by atoms with Crippen molar-refractivity contribution >= 4 is 5.91 Å². The number of hydrogen-bond donors (Lipinski definition) is 1. The zero-order valence-corrected chi connectivity index (χ0v) is 9.85. The Morgan fingerprint density at radius 2 is 2.12 bits per heavy atom. The Balaban J connectivity index is 1.71. The summed E-state index contributed by atoms with van der Waals surface area (Å²) < 4.78 is 7.35. The van der Waals surface area contributed by atoms with E-state index in [9.17, 15) is 4.79 Å². The van der Waals surface area contributed by atoms with Crippen LogP contribution in [0.25, 0.3) is 0 Å². The molecule has 0 saturated heterocycles. The van der Waals surface area contributed by atoms with Crippen molar-refractivity contribution in [3.05, 3.63) is 48.2 Å². The van der Waals surface area contributed by atoms with Crippen molar-refractivity contribution < 1.29 is 9.21 Å². The SMILES string of the molecule is Cc1ccc(CNC(=O)CCn2cccc2)o1. The van der Waals surface area contributed by atoms with Gasteiger partial charge < -0.3 is 14.3 Å². The first-order valence-electron chi connectivity index (χ1n) is 5.67. The fourth-order valence-electron chi connectivity index (χ4n) is 1.60. The number of furan rings is 1. The maximum absolute atomic E-state index is 11.6. The lowest BCUT2D eigenvalue weighted by Crippen LogP contribution is -2.23. The molecule has 0 aromatic carbocycles. The number of rotatable bonds is 5. The van der Waals surface area contributed by atoms with Crippen molar-refractivity contribution in [3.63, 3.8) is 0 Å². The zero-order valence-electron chi connectivity index (χ0n) is 9.85. The van der Waals surface area contributed by atoms with E-state index in [0.29, 0.717) is 19.5 Å². The lowest BCUT2D eigenvalue weighted by Gasteiger charge is -2.04. The van der Waals surface area contributed by atoms with Crippen LogP contribution in [-0.2, 0) is 17.9 Å². The molecule has 0 atom stereocenters. The molecule has 0 radical (unpaired) electrons. The summed E-state index contributed by atoms with van der Waals surface area (Å²) in [5, 5.41) is 2.83. The molecule has 2 rings (SSSR count). The van der Waals surface area contributed by atoms with E-state index in [0.717, 1.165) is 11.5 Å². The highest BCUT2D eigenvalue weighted by molar-refractivity contribution is 5.75. The first-order valence-corrected chi connectivity index (χ1v) is 5.67. The molecular weight excluding hydrogens is 216 g/mol. The quantitative estimate of drug-likeness (QED) is 0.858. The third-order valence-electron chi connectivity index (χ3n) is 2.52. The fourth-order valence-corrected chi connectivity index (χ4v) is 1.60. The Bertz CT molecular complexity index is 471. The van der Waals surface area contributed by atoms with Crippen LogP contribution in [0, 0.1) is 6.92 Å². The molecule has 0 aliphatic heterocycles. The predicted octanol–water partition coefficient (Wildman–Crippen LogP) is 2.10. The highest BCUT2D eigenvalue weighted by Gasteiger charge is 2.03. The van der Waals surface area contributed by atoms with E-state index < -0.39 is 0 Å². The van der Waals surface area contributed by atoms with Crippen molar-refractivity contribution in [1.82, 2.24) is 9.88 Å². The van der Waals surface area contributed by atoms with Gasteiger partial charge in [-0.1, -0.05) is 0 Å². The smallest absolute Gasteiger partial charge is 0.222 e. The first-order chi connectivity index (χ1) is 8.24. The van der Waals surface area contributed by atoms with Crippen LogP contribution in [0.3, 0.4) is 0 Å². The molecule has 1 amide bonds. The van der Waals surface area contributed by atoms with Crippen molar-refractivity contribution in [1.29, 1.82) is 0 Å². The molecule has 0 aliphatic rings. The number of amides is 1. The molecule has 2 heterocycles. The van der Waals surface area contributed by atoms with Gasteiger partial charge in [0.15, 0.2) is 0 Å². The molecule has 2 aromatic rings. The number of carbonyl (C=O) groups excluding carboxylic acids is 1. The van der Waals surface area contributed by atoms with Gasteiger partial charge in [0.2, 0.25) is 5.91 Å². The van der Waals surface area contributed by atoms with Crippen molar-refractivity contribution in [2.45, 2.75) is 26.4 Å². The maximum atomic E-state index is 11.6. The highest BCUT2D eigenvalue weighted by atomic mass is 16.3. The van der Waals surface area contributed by atoms with Crippen LogP contribution in [0.15, 0.2) is 41.1 Å². The molecule has 0 unspecified atom stereocenters. The second-order valence-electron chi connectivity index (χ2n) is 3.96. The van der Waals surface area contributed by atoms with Crippen molar-refractivity contribution in [2.75, 3.05) is 0 Å². The van der Waals surface area contributed by atoms with E-state index in [1.807, 2.05) is 48.1 Å². The third-order valence-corrected chi connectivity index (χ3v) is 2.52. The summed E-state index contributed by atoms with van der Waals surface area (Å²) in [6.07, 6.45) is 4.38. The van der Waals surface area contributed by atoms with Gasteiger partial charge in [0, 0.05) is 25.4 Å². The Morgan fingerprint density at radius 3 is 2.76 bits per heavy atom. The van der Waals surface area contributed by atoms with E-state index in [-0.39, 0.29) is 5.91 Å². The monoisotopic (exact) mass is 232 g/mol. The number of hydrogen-bond acceptors (Lipinski definition) is 2. The summed E-state index contributed by atoms with van der Waals surface area (Å²) in [5.41, 5.74) is 0. The van der Waals surface area contributed by atoms with Crippen LogP contribution in [0.4, 0.5) is 0 Å². The minimum absolute atomic E-state index is 0.0350. The third kappa shape index (κ3) is 3.52. The van der Waals surface area contributed by atoms with Crippen molar-refractivity contribution in [3.8, 4) is 0 Å².